The zero-order chi connectivity index (χ0) is 56.8. The SMILES string of the molecule is CC.CC.CC.CC.CC.Cc1c(F)cc(C(C)(C)C)cc1F.Cc1ccc(C(C)(C)C)cc1C.Cc1ccc(C(C)(C)C)cc1F.Cc1ccc(C(C)(C)C)cn1.Cc1cnc(C(C)(C)C)cc1C. The van der Waals surface area contributed by atoms with Gasteiger partial charge in [-0.2, -0.15) is 0 Å². The first kappa shape index (κ1) is 74.7. The van der Waals surface area contributed by atoms with Crippen molar-refractivity contribution in [1.82, 2.24) is 9.97 Å². The summed E-state index contributed by atoms with van der Waals surface area (Å²) < 4.78 is 39.4. The summed E-state index contributed by atoms with van der Waals surface area (Å²) in [6.07, 6.45) is 3.91. The molecule has 3 aromatic carbocycles. The lowest BCUT2D eigenvalue weighted by Gasteiger charge is -2.19. The second kappa shape index (κ2) is 35.8. The Labute approximate surface area is 433 Å². The van der Waals surface area contributed by atoms with Gasteiger partial charge in [-0.1, -0.05) is 209 Å². The first-order valence-electron chi connectivity index (χ1n) is 26.2. The van der Waals surface area contributed by atoms with Crippen LogP contribution in [0.25, 0.3) is 0 Å². The molecule has 0 unspecified atom stereocenters. The van der Waals surface area contributed by atoms with E-state index in [9.17, 15) is 13.2 Å². The maximum atomic E-state index is 13.1. The molecule has 0 bridgehead atoms. The van der Waals surface area contributed by atoms with Gasteiger partial charge in [-0.25, -0.2) is 13.2 Å². The van der Waals surface area contributed by atoms with Crippen molar-refractivity contribution in [2.45, 2.75) is 249 Å². The van der Waals surface area contributed by atoms with E-state index in [2.05, 4.69) is 157 Å². The number of hydrogen-bond acceptors (Lipinski definition) is 2. The van der Waals surface area contributed by atoms with Gasteiger partial charge < -0.3 is 0 Å². The van der Waals surface area contributed by atoms with Crippen LogP contribution in [-0.4, -0.2) is 9.97 Å². The van der Waals surface area contributed by atoms with E-state index in [0.29, 0.717) is 11.1 Å². The summed E-state index contributed by atoms with van der Waals surface area (Å²) in [4.78, 5) is 8.66. The Balaban J connectivity index is -0.000000240. The van der Waals surface area contributed by atoms with E-state index in [0.717, 1.165) is 11.3 Å². The molecular weight excluding hydrogens is 866 g/mol. The van der Waals surface area contributed by atoms with Gasteiger partial charge in [0.2, 0.25) is 0 Å². The molecule has 5 aromatic rings. The van der Waals surface area contributed by atoms with Gasteiger partial charge in [0.25, 0.3) is 0 Å². The van der Waals surface area contributed by atoms with Crippen molar-refractivity contribution >= 4 is 0 Å². The van der Waals surface area contributed by atoms with E-state index < -0.39 is 11.6 Å². The summed E-state index contributed by atoms with van der Waals surface area (Å²) in [6.45, 7) is 65.7. The molecular formula is C65H109F3N2. The average molecular weight is 976 g/mol. The molecule has 0 atom stereocenters. The maximum Gasteiger partial charge on any atom is 0.129 e. The Morgan fingerprint density at radius 1 is 0.300 bits per heavy atom. The number of rotatable bonds is 0. The van der Waals surface area contributed by atoms with Crippen molar-refractivity contribution in [1.29, 1.82) is 0 Å². The lowest BCUT2D eigenvalue weighted by atomic mass is 9.85. The summed E-state index contributed by atoms with van der Waals surface area (Å²) in [5.41, 5.74) is 13.4. The fourth-order valence-electron chi connectivity index (χ4n) is 5.29. The predicted molar refractivity (Wildman–Crippen MR) is 311 cm³/mol. The number of halogens is 3. The van der Waals surface area contributed by atoms with Gasteiger partial charge in [0, 0.05) is 34.8 Å². The molecule has 0 radical (unpaired) electrons. The zero-order valence-electron chi connectivity index (χ0n) is 51.5. The molecule has 0 spiro atoms. The fourth-order valence-corrected chi connectivity index (χ4v) is 5.29. The maximum absolute atomic E-state index is 13.1. The van der Waals surface area contributed by atoms with Crippen LogP contribution < -0.4 is 0 Å². The highest BCUT2D eigenvalue weighted by molar-refractivity contribution is 5.34. The van der Waals surface area contributed by atoms with E-state index in [-0.39, 0.29) is 38.5 Å². The summed E-state index contributed by atoms with van der Waals surface area (Å²) in [6, 6.07) is 21.3. The molecule has 2 aromatic heterocycles. The Kier molecular flexibility index (Phi) is 38.2. The van der Waals surface area contributed by atoms with Crippen molar-refractivity contribution in [3.8, 4) is 0 Å². The minimum absolute atomic E-state index is 0.0362. The van der Waals surface area contributed by atoms with E-state index >= 15 is 0 Å². The highest BCUT2D eigenvalue weighted by Crippen LogP contribution is 2.27. The van der Waals surface area contributed by atoms with E-state index in [4.69, 9.17) is 0 Å². The third-order valence-electron chi connectivity index (χ3n) is 10.5. The molecule has 400 valence electrons. The molecule has 2 nitrogen and oxygen atoms in total. The second-order valence-corrected chi connectivity index (χ2v) is 21.4. The van der Waals surface area contributed by atoms with Gasteiger partial charge in [0.1, 0.15) is 17.5 Å². The Morgan fingerprint density at radius 2 is 0.643 bits per heavy atom. The number of hydrogen-bond donors (Lipinski definition) is 0. The van der Waals surface area contributed by atoms with Crippen molar-refractivity contribution in [3.05, 3.63) is 164 Å². The van der Waals surface area contributed by atoms with Crippen molar-refractivity contribution < 1.29 is 13.2 Å². The molecule has 0 N–H and O–H groups in total. The number of nitrogens with zero attached hydrogens (tertiary/aromatic N) is 2. The lowest BCUT2D eigenvalue weighted by Crippen LogP contribution is -2.13. The van der Waals surface area contributed by atoms with Crippen molar-refractivity contribution in [3.63, 3.8) is 0 Å². The lowest BCUT2D eigenvalue weighted by molar-refractivity contribution is 0.536. The summed E-state index contributed by atoms with van der Waals surface area (Å²) in [7, 11) is 0. The fraction of sp³-hybridized carbons (Fsp3) is 0.569. The van der Waals surface area contributed by atoms with Gasteiger partial charge >= 0.3 is 0 Å². The molecule has 0 fully saturated rings. The third-order valence-corrected chi connectivity index (χ3v) is 10.5. The largest absolute Gasteiger partial charge is 0.261 e. The molecule has 70 heavy (non-hydrogen) atoms. The molecule has 0 amide bonds. The van der Waals surface area contributed by atoms with Crippen LogP contribution in [0.2, 0.25) is 0 Å². The highest BCUT2D eigenvalue weighted by Gasteiger charge is 2.19. The number of pyridine rings is 2. The van der Waals surface area contributed by atoms with Gasteiger partial charge in [0.05, 0.1) is 0 Å². The van der Waals surface area contributed by atoms with Crippen LogP contribution >= 0.6 is 0 Å². The van der Waals surface area contributed by atoms with E-state index in [1.807, 2.05) is 121 Å². The molecule has 0 aliphatic rings. The van der Waals surface area contributed by atoms with Crippen molar-refractivity contribution in [2.75, 3.05) is 0 Å². The first-order valence-corrected chi connectivity index (χ1v) is 26.2. The Bertz CT molecular complexity index is 1940. The third kappa shape index (κ3) is 30.5. The molecule has 0 aliphatic heterocycles. The number of aryl methyl sites for hydroxylation is 6. The van der Waals surface area contributed by atoms with Crippen LogP contribution in [0.3, 0.4) is 0 Å². The summed E-state index contributed by atoms with van der Waals surface area (Å²) in [5, 5.41) is 0. The van der Waals surface area contributed by atoms with Crippen LogP contribution in [0.5, 0.6) is 0 Å². The summed E-state index contributed by atoms with van der Waals surface area (Å²) >= 11 is 0. The number of aromatic nitrogens is 2. The Hall–Kier alpha value is -4.25. The van der Waals surface area contributed by atoms with Crippen LogP contribution in [0.1, 0.15) is 240 Å². The van der Waals surface area contributed by atoms with Crippen LogP contribution in [-0.2, 0) is 27.1 Å². The number of benzene rings is 3. The van der Waals surface area contributed by atoms with Crippen LogP contribution in [0, 0.1) is 65.9 Å². The van der Waals surface area contributed by atoms with Gasteiger partial charge in [-0.3, -0.25) is 9.97 Å². The molecule has 5 heteroatoms. The predicted octanol–water partition coefficient (Wildman–Crippen LogP) is 21.4. The molecule has 2 heterocycles. The first-order chi connectivity index (χ1) is 32.0. The summed E-state index contributed by atoms with van der Waals surface area (Å²) in [5.74, 6) is -1.04. The zero-order valence-corrected chi connectivity index (χ0v) is 51.5. The standard InChI is InChI=1S/C12H18.C11H14F2.C11H15F.C11H17N.C10H15N.5C2H6/c1-9-6-7-11(8-10(9)2)12(3,4)5;1-7-9(12)5-8(6-10(7)13)11(2,3)4;1-8-5-6-9(7-10(8)12)11(2,3)4;1-8-6-10(11(3,4)5)12-7-9(8)2;1-8-5-6-9(7-11-8)10(2,3)4;5*1-2/h6-8H,1-5H3;5-6H,1-4H3;5-7H,1-4H3;6-7H,1-5H3;5-7H,1-4H3;5*1-2H3. The Morgan fingerprint density at radius 3 is 0.957 bits per heavy atom. The topological polar surface area (TPSA) is 25.8 Å². The minimum Gasteiger partial charge on any atom is -0.261 e. The quantitative estimate of drug-likeness (QED) is 0.155. The van der Waals surface area contributed by atoms with Crippen LogP contribution in [0.4, 0.5) is 13.2 Å². The molecule has 5 rings (SSSR count). The molecule has 0 aliphatic carbocycles. The molecule has 0 saturated carbocycles. The smallest absolute Gasteiger partial charge is 0.129 e. The second-order valence-electron chi connectivity index (χ2n) is 21.4. The highest BCUT2D eigenvalue weighted by atomic mass is 19.1. The van der Waals surface area contributed by atoms with Crippen molar-refractivity contribution in [2.24, 2.45) is 0 Å². The van der Waals surface area contributed by atoms with Gasteiger partial charge in [-0.15, -0.1) is 0 Å². The van der Waals surface area contributed by atoms with Crippen LogP contribution in [0.15, 0.2) is 79.1 Å². The minimum atomic E-state index is -0.468. The van der Waals surface area contributed by atoms with Gasteiger partial charge in [0.15, 0.2) is 0 Å². The average Bonchev–Trinajstić information content (AvgIpc) is 3.28. The normalized spacial score (nSPS) is 10.5. The van der Waals surface area contributed by atoms with E-state index in [1.165, 1.54) is 58.1 Å². The van der Waals surface area contributed by atoms with Gasteiger partial charge in [-0.05, 0) is 151 Å². The monoisotopic (exact) mass is 975 g/mol. The van der Waals surface area contributed by atoms with E-state index in [1.54, 1.807) is 13.0 Å². The molecule has 0 saturated heterocycles.